The van der Waals surface area contributed by atoms with Crippen LogP contribution in [0.2, 0.25) is 0 Å². The van der Waals surface area contributed by atoms with Crippen LogP contribution in [0.3, 0.4) is 0 Å². The number of hydrogen-bond donors (Lipinski definition) is 2. The van der Waals surface area contributed by atoms with Crippen LogP contribution in [0.15, 0.2) is 49.1 Å². The fourth-order valence-electron chi connectivity index (χ4n) is 2.09. The molecule has 0 atom stereocenters. The van der Waals surface area contributed by atoms with Crippen LogP contribution in [0.25, 0.3) is 21.9 Å². The molecular formula is C14H10N2O2. The number of rotatable bonds is 2. The monoisotopic (exact) mass is 238 g/mol. The molecule has 1 aromatic carbocycles. The molecule has 0 radical (unpaired) electrons. The van der Waals surface area contributed by atoms with E-state index in [1.165, 1.54) is 6.20 Å². The molecule has 3 rings (SSSR count). The number of nitrogens with zero attached hydrogens (tertiary/aromatic N) is 1. The molecule has 0 bridgehead atoms. The third-order valence-electron chi connectivity index (χ3n) is 2.93. The number of aromatic carboxylic acids is 1. The van der Waals surface area contributed by atoms with Crippen LogP contribution in [0.5, 0.6) is 0 Å². The standard InChI is InChI=1S/C14H10N2O2/c17-14(18)13-8-16-7-12(13)11-6-15-5-9-3-1-2-4-10(9)11/h1-8,16H,(H,17,18). The van der Waals surface area contributed by atoms with E-state index in [0.717, 1.165) is 16.3 Å². The molecule has 0 amide bonds. The number of carboxylic acid groups (broad SMARTS) is 1. The molecule has 0 fully saturated rings. The third-order valence-corrected chi connectivity index (χ3v) is 2.93. The van der Waals surface area contributed by atoms with E-state index in [0.29, 0.717) is 5.56 Å². The van der Waals surface area contributed by atoms with Gasteiger partial charge >= 0.3 is 5.97 Å². The number of H-pyrrole nitrogens is 1. The van der Waals surface area contributed by atoms with Gasteiger partial charge in [-0.15, -0.1) is 0 Å². The molecule has 0 spiro atoms. The molecule has 0 unspecified atom stereocenters. The third kappa shape index (κ3) is 1.55. The van der Waals surface area contributed by atoms with E-state index in [9.17, 15) is 4.79 Å². The maximum Gasteiger partial charge on any atom is 0.337 e. The average molecular weight is 238 g/mol. The molecule has 3 aromatic rings. The van der Waals surface area contributed by atoms with Gasteiger partial charge in [-0.25, -0.2) is 4.79 Å². The van der Waals surface area contributed by atoms with Crippen molar-refractivity contribution in [2.24, 2.45) is 0 Å². The molecule has 0 saturated heterocycles. The summed E-state index contributed by atoms with van der Waals surface area (Å²) < 4.78 is 0. The average Bonchev–Trinajstić information content (AvgIpc) is 2.87. The van der Waals surface area contributed by atoms with Crippen molar-refractivity contribution in [1.82, 2.24) is 9.97 Å². The minimum absolute atomic E-state index is 0.258. The molecule has 4 heteroatoms. The summed E-state index contributed by atoms with van der Waals surface area (Å²) in [6.45, 7) is 0. The van der Waals surface area contributed by atoms with Crippen LogP contribution in [-0.2, 0) is 0 Å². The fraction of sp³-hybridized carbons (Fsp3) is 0. The Morgan fingerprint density at radius 3 is 2.78 bits per heavy atom. The first-order valence-corrected chi connectivity index (χ1v) is 5.50. The number of carbonyl (C=O) groups is 1. The van der Waals surface area contributed by atoms with E-state index in [-0.39, 0.29) is 5.56 Å². The van der Waals surface area contributed by atoms with E-state index in [4.69, 9.17) is 5.11 Å². The first kappa shape index (κ1) is 10.5. The Bertz CT molecular complexity index is 726. The van der Waals surface area contributed by atoms with Gasteiger partial charge in [0.15, 0.2) is 0 Å². The zero-order chi connectivity index (χ0) is 12.5. The van der Waals surface area contributed by atoms with Crippen molar-refractivity contribution in [3.63, 3.8) is 0 Å². The smallest absolute Gasteiger partial charge is 0.337 e. The van der Waals surface area contributed by atoms with Gasteiger partial charge in [-0.2, -0.15) is 0 Å². The van der Waals surface area contributed by atoms with Crippen LogP contribution in [0.1, 0.15) is 10.4 Å². The van der Waals surface area contributed by atoms with Crippen molar-refractivity contribution in [3.05, 3.63) is 54.6 Å². The Hall–Kier alpha value is -2.62. The van der Waals surface area contributed by atoms with Gasteiger partial charge in [0, 0.05) is 41.3 Å². The highest BCUT2D eigenvalue weighted by Crippen LogP contribution is 2.29. The second-order valence-electron chi connectivity index (χ2n) is 4.00. The predicted octanol–water partition coefficient (Wildman–Crippen LogP) is 2.93. The largest absolute Gasteiger partial charge is 0.478 e. The summed E-state index contributed by atoms with van der Waals surface area (Å²) in [6.07, 6.45) is 6.64. The second kappa shape index (κ2) is 4.00. The topological polar surface area (TPSA) is 66.0 Å². The summed E-state index contributed by atoms with van der Waals surface area (Å²) in [5, 5.41) is 11.1. The molecule has 2 N–H and O–H groups in total. The SMILES string of the molecule is O=C(O)c1c[nH]cc1-c1cncc2ccccc12. The molecule has 88 valence electrons. The Morgan fingerprint density at radius 2 is 1.94 bits per heavy atom. The first-order valence-electron chi connectivity index (χ1n) is 5.50. The Labute approximate surface area is 103 Å². The fourth-order valence-corrected chi connectivity index (χ4v) is 2.09. The second-order valence-corrected chi connectivity index (χ2v) is 4.00. The normalized spacial score (nSPS) is 10.7. The molecule has 18 heavy (non-hydrogen) atoms. The zero-order valence-electron chi connectivity index (χ0n) is 9.42. The van der Waals surface area contributed by atoms with E-state index in [2.05, 4.69) is 9.97 Å². The summed E-state index contributed by atoms with van der Waals surface area (Å²) in [5.41, 5.74) is 1.74. The van der Waals surface area contributed by atoms with Crippen LogP contribution in [-0.4, -0.2) is 21.0 Å². The highest BCUT2D eigenvalue weighted by Gasteiger charge is 2.14. The number of aromatic amines is 1. The van der Waals surface area contributed by atoms with Crippen molar-refractivity contribution in [1.29, 1.82) is 0 Å². The van der Waals surface area contributed by atoms with Gasteiger partial charge in [-0.1, -0.05) is 24.3 Å². The lowest BCUT2D eigenvalue weighted by molar-refractivity contribution is 0.0698. The predicted molar refractivity (Wildman–Crippen MR) is 68.5 cm³/mol. The minimum Gasteiger partial charge on any atom is -0.478 e. The highest BCUT2D eigenvalue weighted by atomic mass is 16.4. The molecule has 0 aliphatic heterocycles. The summed E-state index contributed by atoms with van der Waals surface area (Å²) in [5.74, 6) is -0.945. The van der Waals surface area contributed by atoms with Gasteiger partial charge in [-0.3, -0.25) is 4.98 Å². The van der Waals surface area contributed by atoms with E-state index in [1.54, 1.807) is 18.6 Å². The summed E-state index contributed by atoms with van der Waals surface area (Å²) in [4.78, 5) is 18.1. The van der Waals surface area contributed by atoms with Gasteiger partial charge in [0.25, 0.3) is 0 Å². The van der Waals surface area contributed by atoms with Crippen molar-refractivity contribution < 1.29 is 9.90 Å². The summed E-state index contributed by atoms with van der Waals surface area (Å²) >= 11 is 0. The van der Waals surface area contributed by atoms with Crippen LogP contribution in [0.4, 0.5) is 0 Å². The Kier molecular flexibility index (Phi) is 2.34. The lowest BCUT2D eigenvalue weighted by atomic mass is 10.0. The number of carboxylic acids is 1. The molecule has 4 nitrogen and oxygen atoms in total. The lowest BCUT2D eigenvalue weighted by Crippen LogP contribution is -1.96. The molecule has 0 aliphatic rings. The van der Waals surface area contributed by atoms with Gasteiger partial charge in [0.1, 0.15) is 0 Å². The van der Waals surface area contributed by atoms with Crippen molar-refractivity contribution in [3.8, 4) is 11.1 Å². The molecule has 0 aliphatic carbocycles. The van der Waals surface area contributed by atoms with Crippen LogP contribution in [0, 0.1) is 0 Å². The number of aromatic nitrogens is 2. The minimum atomic E-state index is -0.945. The highest BCUT2D eigenvalue weighted by molar-refractivity contribution is 6.02. The first-order chi connectivity index (χ1) is 8.77. The number of nitrogens with one attached hydrogen (secondary N) is 1. The molecule has 2 heterocycles. The van der Waals surface area contributed by atoms with E-state index < -0.39 is 5.97 Å². The molecule has 0 saturated carbocycles. The number of pyridine rings is 1. The van der Waals surface area contributed by atoms with Gasteiger partial charge in [0.2, 0.25) is 0 Å². The number of hydrogen-bond acceptors (Lipinski definition) is 2. The maximum absolute atomic E-state index is 11.2. The van der Waals surface area contributed by atoms with E-state index in [1.807, 2.05) is 24.3 Å². The summed E-state index contributed by atoms with van der Waals surface area (Å²) in [6, 6.07) is 7.78. The van der Waals surface area contributed by atoms with Crippen LogP contribution >= 0.6 is 0 Å². The van der Waals surface area contributed by atoms with Gasteiger partial charge < -0.3 is 10.1 Å². The lowest BCUT2D eigenvalue weighted by Gasteiger charge is -2.05. The van der Waals surface area contributed by atoms with Gasteiger partial charge in [-0.05, 0) is 5.39 Å². The number of fused-ring (bicyclic) bond motifs is 1. The molecule has 2 aromatic heterocycles. The quantitative estimate of drug-likeness (QED) is 0.721. The zero-order valence-corrected chi connectivity index (χ0v) is 9.42. The molecular weight excluding hydrogens is 228 g/mol. The van der Waals surface area contributed by atoms with Crippen molar-refractivity contribution >= 4 is 16.7 Å². The summed E-state index contributed by atoms with van der Waals surface area (Å²) in [7, 11) is 0. The number of benzene rings is 1. The van der Waals surface area contributed by atoms with Crippen LogP contribution < -0.4 is 0 Å². The van der Waals surface area contributed by atoms with Crippen molar-refractivity contribution in [2.45, 2.75) is 0 Å². The Morgan fingerprint density at radius 1 is 1.11 bits per heavy atom. The Balaban J connectivity index is 2.32. The van der Waals surface area contributed by atoms with E-state index >= 15 is 0 Å². The maximum atomic E-state index is 11.2. The van der Waals surface area contributed by atoms with Crippen molar-refractivity contribution in [2.75, 3.05) is 0 Å². The van der Waals surface area contributed by atoms with Gasteiger partial charge in [0.05, 0.1) is 5.56 Å².